The molecule has 3 aromatic carbocycles. The van der Waals surface area contributed by atoms with Crippen molar-refractivity contribution in [3.05, 3.63) is 66.2 Å². The van der Waals surface area contributed by atoms with Gasteiger partial charge in [0, 0.05) is 0 Å². The lowest BCUT2D eigenvalue weighted by Crippen LogP contribution is -2.11. The smallest absolute Gasteiger partial charge is 0.351 e. The minimum atomic E-state index is -0.519. The van der Waals surface area contributed by atoms with Gasteiger partial charge in [0.15, 0.2) is 0 Å². The molecule has 0 aromatic heterocycles. The van der Waals surface area contributed by atoms with Crippen molar-refractivity contribution in [1.82, 2.24) is 0 Å². The molecule has 4 nitrogen and oxygen atoms in total. The Bertz CT molecular complexity index is 833. The van der Waals surface area contributed by atoms with Gasteiger partial charge >= 0.3 is 5.97 Å². The lowest BCUT2D eigenvalue weighted by molar-refractivity contribution is 0.0728. The zero-order valence-electron chi connectivity index (χ0n) is 12.9. The van der Waals surface area contributed by atoms with E-state index < -0.39 is 5.97 Å². The van der Waals surface area contributed by atoms with Crippen molar-refractivity contribution in [2.45, 2.75) is 0 Å². The zero-order chi connectivity index (χ0) is 16.2. The lowest BCUT2D eigenvalue weighted by Gasteiger charge is -2.12. The Morgan fingerprint density at radius 2 is 1.43 bits per heavy atom. The number of benzene rings is 3. The quantitative estimate of drug-likeness (QED) is 0.538. The van der Waals surface area contributed by atoms with Crippen LogP contribution < -0.4 is 14.2 Å². The molecule has 0 amide bonds. The number of ether oxygens (including phenoxy) is 3. The predicted octanol–water partition coefficient (Wildman–Crippen LogP) is 4.08. The first-order valence-electron chi connectivity index (χ1n) is 7.15. The molecule has 3 aromatic rings. The molecule has 0 heterocycles. The Balaban J connectivity index is 1.94. The van der Waals surface area contributed by atoms with Crippen LogP contribution in [0.2, 0.25) is 0 Å². The molecule has 0 spiro atoms. The van der Waals surface area contributed by atoms with Gasteiger partial charge in [0.25, 0.3) is 0 Å². The van der Waals surface area contributed by atoms with Crippen LogP contribution in [0.15, 0.2) is 60.7 Å². The van der Waals surface area contributed by atoms with Crippen LogP contribution >= 0.6 is 0 Å². The van der Waals surface area contributed by atoms with E-state index in [4.69, 9.17) is 14.2 Å². The number of carbonyl (C=O) groups is 1. The summed E-state index contributed by atoms with van der Waals surface area (Å²) >= 11 is 0. The van der Waals surface area contributed by atoms with Crippen molar-refractivity contribution in [2.24, 2.45) is 0 Å². The van der Waals surface area contributed by atoms with Gasteiger partial charge in [0.2, 0.25) is 0 Å². The van der Waals surface area contributed by atoms with E-state index in [1.807, 2.05) is 36.4 Å². The Labute approximate surface area is 134 Å². The summed E-state index contributed by atoms with van der Waals surface area (Å²) in [5, 5.41) is 2.09. The molecule has 116 valence electrons. The monoisotopic (exact) mass is 308 g/mol. The van der Waals surface area contributed by atoms with Crippen LogP contribution in [0.25, 0.3) is 10.8 Å². The molecule has 0 atom stereocenters. The van der Waals surface area contributed by atoms with E-state index in [1.165, 1.54) is 14.2 Å². The average molecular weight is 308 g/mol. The molecule has 0 saturated heterocycles. The van der Waals surface area contributed by atoms with Crippen LogP contribution in [0.3, 0.4) is 0 Å². The second-order valence-corrected chi connectivity index (χ2v) is 4.94. The molecular weight excluding hydrogens is 292 g/mol. The van der Waals surface area contributed by atoms with Crippen molar-refractivity contribution in [1.29, 1.82) is 0 Å². The minimum Gasteiger partial charge on any atom is -0.496 e. The van der Waals surface area contributed by atoms with Crippen LogP contribution in [-0.4, -0.2) is 20.2 Å². The maximum Gasteiger partial charge on any atom is 0.351 e. The summed E-state index contributed by atoms with van der Waals surface area (Å²) in [6.45, 7) is 0. The first kappa shape index (κ1) is 14.9. The van der Waals surface area contributed by atoms with Gasteiger partial charge in [-0.1, -0.05) is 36.4 Å². The molecule has 0 radical (unpaired) electrons. The van der Waals surface area contributed by atoms with Crippen LogP contribution in [0.5, 0.6) is 17.2 Å². The number of methoxy groups -OCH3 is 2. The third-order valence-corrected chi connectivity index (χ3v) is 3.56. The van der Waals surface area contributed by atoms with Crippen LogP contribution in [0.1, 0.15) is 10.4 Å². The van der Waals surface area contributed by atoms with E-state index in [0.717, 1.165) is 10.8 Å². The highest BCUT2D eigenvalue weighted by Crippen LogP contribution is 2.30. The molecule has 0 aliphatic carbocycles. The molecule has 0 fully saturated rings. The van der Waals surface area contributed by atoms with Crippen molar-refractivity contribution in [3.63, 3.8) is 0 Å². The molecule has 0 bridgehead atoms. The summed E-state index contributed by atoms with van der Waals surface area (Å²) in [5.74, 6) is 0.779. The third-order valence-electron chi connectivity index (χ3n) is 3.56. The molecule has 23 heavy (non-hydrogen) atoms. The van der Waals surface area contributed by atoms with Crippen molar-refractivity contribution in [2.75, 3.05) is 14.2 Å². The number of fused-ring (bicyclic) bond motifs is 1. The molecule has 0 aliphatic heterocycles. The Kier molecular flexibility index (Phi) is 4.15. The zero-order valence-corrected chi connectivity index (χ0v) is 12.9. The van der Waals surface area contributed by atoms with Gasteiger partial charge < -0.3 is 14.2 Å². The van der Waals surface area contributed by atoms with Crippen molar-refractivity contribution < 1.29 is 19.0 Å². The lowest BCUT2D eigenvalue weighted by atomic mass is 10.1. The summed E-state index contributed by atoms with van der Waals surface area (Å²) < 4.78 is 16.0. The summed E-state index contributed by atoms with van der Waals surface area (Å²) in [4.78, 5) is 12.5. The fourth-order valence-electron chi connectivity index (χ4n) is 2.44. The van der Waals surface area contributed by atoms with Crippen molar-refractivity contribution in [3.8, 4) is 17.2 Å². The van der Waals surface area contributed by atoms with E-state index in [0.29, 0.717) is 17.2 Å². The Hall–Kier alpha value is -3.01. The highest BCUT2D eigenvalue weighted by atomic mass is 16.5. The molecule has 0 aliphatic rings. The van der Waals surface area contributed by atoms with E-state index in [9.17, 15) is 4.79 Å². The van der Waals surface area contributed by atoms with Gasteiger partial charge in [-0.05, 0) is 35.0 Å². The molecular formula is C19H16O4. The number of rotatable bonds is 4. The maximum atomic E-state index is 12.5. The van der Waals surface area contributed by atoms with Crippen molar-refractivity contribution >= 4 is 16.7 Å². The average Bonchev–Trinajstić information content (AvgIpc) is 2.60. The number of hydrogen-bond donors (Lipinski definition) is 0. The van der Waals surface area contributed by atoms with Crippen LogP contribution in [-0.2, 0) is 0 Å². The summed E-state index contributed by atoms with van der Waals surface area (Å²) in [6.07, 6.45) is 0. The highest BCUT2D eigenvalue weighted by molar-refractivity contribution is 5.97. The van der Waals surface area contributed by atoms with Crippen LogP contribution in [0.4, 0.5) is 0 Å². The van der Waals surface area contributed by atoms with Gasteiger partial charge in [-0.3, -0.25) is 0 Å². The molecule has 4 heteroatoms. The predicted molar refractivity (Wildman–Crippen MR) is 88.5 cm³/mol. The number of hydrogen-bond acceptors (Lipinski definition) is 4. The number of carbonyl (C=O) groups excluding carboxylic acids is 1. The third kappa shape index (κ3) is 2.97. The fourth-order valence-corrected chi connectivity index (χ4v) is 2.44. The van der Waals surface area contributed by atoms with Gasteiger partial charge in [-0.15, -0.1) is 0 Å². The number of esters is 1. The SMILES string of the molecule is COc1cccc(OC)c1C(=O)Oc1ccc2ccccc2c1. The van der Waals surface area contributed by atoms with Gasteiger partial charge in [-0.2, -0.15) is 0 Å². The minimum absolute atomic E-state index is 0.269. The van der Waals surface area contributed by atoms with E-state index in [2.05, 4.69) is 0 Å². The van der Waals surface area contributed by atoms with Gasteiger partial charge in [-0.25, -0.2) is 4.79 Å². The molecule has 0 saturated carbocycles. The molecule has 0 N–H and O–H groups in total. The Morgan fingerprint density at radius 3 is 2.09 bits per heavy atom. The fraction of sp³-hybridized carbons (Fsp3) is 0.105. The molecule has 3 rings (SSSR count). The summed E-state index contributed by atoms with van der Waals surface area (Å²) in [5.41, 5.74) is 0.269. The molecule has 0 unspecified atom stereocenters. The Morgan fingerprint density at radius 1 is 0.783 bits per heavy atom. The van der Waals surface area contributed by atoms with Gasteiger partial charge in [0.1, 0.15) is 22.8 Å². The highest BCUT2D eigenvalue weighted by Gasteiger charge is 2.20. The van der Waals surface area contributed by atoms with E-state index in [1.54, 1.807) is 24.3 Å². The van der Waals surface area contributed by atoms with Gasteiger partial charge in [0.05, 0.1) is 14.2 Å². The van der Waals surface area contributed by atoms with Crippen LogP contribution in [0, 0.1) is 0 Å². The summed E-state index contributed by atoms with van der Waals surface area (Å²) in [7, 11) is 3.00. The second-order valence-electron chi connectivity index (χ2n) is 4.94. The first-order valence-corrected chi connectivity index (χ1v) is 7.15. The first-order chi connectivity index (χ1) is 11.2. The van der Waals surface area contributed by atoms with E-state index >= 15 is 0 Å². The second kappa shape index (κ2) is 6.40. The maximum absolute atomic E-state index is 12.5. The van der Waals surface area contributed by atoms with E-state index in [-0.39, 0.29) is 5.56 Å². The standard InChI is InChI=1S/C19H16O4/c1-21-16-8-5-9-17(22-2)18(16)19(20)23-15-11-10-13-6-3-4-7-14(13)12-15/h3-12H,1-2H3. The normalized spacial score (nSPS) is 10.3. The topological polar surface area (TPSA) is 44.8 Å². The summed E-state index contributed by atoms with van der Waals surface area (Å²) in [6, 6.07) is 18.5. The largest absolute Gasteiger partial charge is 0.496 e.